The minimum absolute atomic E-state index is 0.0931. The van der Waals surface area contributed by atoms with Crippen molar-refractivity contribution in [2.24, 2.45) is 5.92 Å². The van der Waals surface area contributed by atoms with Gasteiger partial charge >= 0.3 is 0 Å². The van der Waals surface area contributed by atoms with Crippen LogP contribution in [0.25, 0.3) is 0 Å². The van der Waals surface area contributed by atoms with Gasteiger partial charge in [-0.25, -0.2) is 0 Å². The summed E-state index contributed by atoms with van der Waals surface area (Å²) in [5, 5.41) is 5.61. The quantitative estimate of drug-likeness (QED) is 0.724. The van der Waals surface area contributed by atoms with Crippen molar-refractivity contribution in [1.82, 2.24) is 0 Å². The smallest absolute Gasteiger partial charge is 0.224 e. The number of amides is 2. The van der Waals surface area contributed by atoms with E-state index < -0.39 is 0 Å². The van der Waals surface area contributed by atoms with E-state index in [9.17, 15) is 9.59 Å². The highest BCUT2D eigenvalue weighted by molar-refractivity contribution is 5.96. The first-order valence-electron chi connectivity index (χ1n) is 8.76. The summed E-state index contributed by atoms with van der Waals surface area (Å²) in [7, 11) is 3.02. The molecule has 0 spiro atoms. The Labute approximate surface area is 151 Å². The maximum Gasteiger partial charge on any atom is 0.224 e. The van der Waals surface area contributed by atoms with Crippen molar-refractivity contribution < 1.29 is 19.1 Å². The number of rotatable bonds is 8. The SMILES string of the molecule is CC.CCCC(=O)Nc1cc(OC)c(NC(=O)CC(C)C)cc1OC. The van der Waals surface area contributed by atoms with Gasteiger partial charge in [0.1, 0.15) is 11.5 Å². The molecule has 0 aliphatic heterocycles. The normalized spacial score (nSPS) is 9.76. The first-order chi connectivity index (χ1) is 11.9. The summed E-state index contributed by atoms with van der Waals surface area (Å²) in [4.78, 5) is 23.7. The van der Waals surface area contributed by atoms with Crippen molar-refractivity contribution in [3.63, 3.8) is 0 Å². The molecule has 0 atom stereocenters. The summed E-state index contributed by atoms with van der Waals surface area (Å²) in [6.45, 7) is 9.89. The summed E-state index contributed by atoms with van der Waals surface area (Å²) < 4.78 is 10.6. The van der Waals surface area contributed by atoms with Gasteiger partial charge in [-0.15, -0.1) is 0 Å². The molecule has 0 bridgehead atoms. The van der Waals surface area contributed by atoms with E-state index in [0.29, 0.717) is 35.7 Å². The Morgan fingerprint density at radius 2 is 1.40 bits per heavy atom. The number of ether oxygens (including phenoxy) is 2. The van der Waals surface area contributed by atoms with Crippen LogP contribution < -0.4 is 20.1 Å². The van der Waals surface area contributed by atoms with E-state index >= 15 is 0 Å². The van der Waals surface area contributed by atoms with Gasteiger partial charge in [-0.3, -0.25) is 9.59 Å². The third kappa shape index (κ3) is 7.92. The van der Waals surface area contributed by atoms with Crippen LogP contribution in [0.3, 0.4) is 0 Å². The molecule has 0 unspecified atom stereocenters. The second kappa shape index (κ2) is 12.2. The lowest BCUT2D eigenvalue weighted by Gasteiger charge is -2.16. The first-order valence-corrected chi connectivity index (χ1v) is 8.76. The standard InChI is InChI=1S/C17H26N2O4.C2H6/c1-6-7-16(20)18-12-9-15(23-5)13(10-14(12)22-4)19-17(21)8-11(2)3;1-2/h9-11H,6-8H2,1-5H3,(H,18,20)(H,19,21);1-2H3. The van der Waals surface area contributed by atoms with Crippen molar-refractivity contribution in [1.29, 1.82) is 0 Å². The third-order valence-electron chi connectivity index (χ3n) is 3.14. The number of carbonyl (C=O) groups excluding carboxylic acids is 2. The molecule has 0 fully saturated rings. The number of benzene rings is 1. The predicted molar refractivity (Wildman–Crippen MR) is 103 cm³/mol. The fourth-order valence-electron chi connectivity index (χ4n) is 2.10. The van der Waals surface area contributed by atoms with Gasteiger partial charge in [0.15, 0.2) is 0 Å². The van der Waals surface area contributed by atoms with Gasteiger partial charge in [0.25, 0.3) is 0 Å². The van der Waals surface area contributed by atoms with E-state index in [0.717, 1.165) is 6.42 Å². The zero-order chi connectivity index (χ0) is 19.4. The minimum Gasteiger partial charge on any atom is -0.494 e. The van der Waals surface area contributed by atoms with Crippen LogP contribution in [0.15, 0.2) is 12.1 Å². The topological polar surface area (TPSA) is 76.7 Å². The molecule has 0 aliphatic carbocycles. The molecule has 25 heavy (non-hydrogen) atoms. The van der Waals surface area contributed by atoms with Crippen molar-refractivity contribution in [2.45, 2.75) is 53.9 Å². The summed E-state index contributed by atoms with van der Waals surface area (Å²) in [6.07, 6.45) is 1.60. The van der Waals surface area contributed by atoms with Gasteiger partial charge in [0.05, 0.1) is 25.6 Å². The van der Waals surface area contributed by atoms with Crippen LogP contribution in [0.4, 0.5) is 11.4 Å². The van der Waals surface area contributed by atoms with Crippen LogP contribution in [-0.2, 0) is 9.59 Å². The lowest BCUT2D eigenvalue weighted by molar-refractivity contribution is -0.117. The number of carbonyl (C=O) groups is 2. The zero-order valence-corrected chi connectivity index (χ0v) is 16.5. The van der Waals surface area contributed by atoms with Gasteiger partial charge in [-0.05, 0) is 12.3 Å². The Hall–Kier alpha value is -2.24. The average Bonchev–Trinajstić information content (AvgIpc) is 2.57. The van der Waals surface area contributed by atoms with Crippen molar-refractivity contribution in [3.05, 3.63) is 12.1 Å². The second-order valence-corrected chi connectivity index (χ2v) is 5.70. The summed E-state index contributed by atoms with van der Waals surface area (Å²) in [6, 6.07) is 3.30. The summed E-state index contributed by atoms with van der Waals surface area (Å²) in [5.41, 5.74) is 1.04. The van der Waals surface area contributed by atoms with Gasteiger partial charge in [0, 0.05) is 25.0 Å². The van der Waals surface area contributed by atoms with E-state index in [2.05, 4.69) is 10.6 Å². The van der Waals surface area contributed by atoms with Gasteiger partial charge < -0.3 is 20.1 Å². The van der Waals surface area contributed by atoms with Crippen molar-refractivity contribution in [3.8, 4) is 11.5 Å². The van der Waals surface area contributed by atoms with E-state index in [1.807, 2.05) is 34.6 Å². The maximum atomic E-state index is 12.0. The predicted octanol–water partition coefficient (Wildman–Crippen LogP) is 4.45. The van der Waals surface area contributed by atoms with Crippen molar-refractivity contribution in [2.75, 3.05) is 24.9 Å². The monoisotopic (exact) mass is 352 g/mol. The second-order valence-electron chi connectivity index (χ2n) is 5.70. The van der Waals surface area contributed by atoms with E-state index in [4.69, 9.17) is 9.47 Å². The fourth-order valence-corrected chi connectivity index (χ4v) is 2.10. The summed E-state index contributed by atoms with van der Waals surface area (Å²) in [5.74, 6) is 1.01. The van der Waals surface area contributed by atoms with E-state index in [1.54, 1.807) is 12.1 Å². The highest BCUT2D eigenvalue weighted by Crippen LogP contribution is 2.36. The zero-order valence-electron chi connectivity index (χ0n) is 16.5. The highest BCUT2D eigenvalue weighted by atomic mass is 16.5. The van der Waals surface area contributed by atoms with Crippen LogP contribution in [0, 0.1) is 5.92 Å². The molecule has 142 valence electrons. The number of methoxy groups -OCH3 is 2. The number of hydrogen-bond acceptors (Lipinski definition) is 4. The van der Waals surface area contributed by atoms with E-state index in [1.165, 1.54) is 14.2 Å². The molecule has 2 amide bonds. The number of anilines is 2. The highest BCUT2D eigenvalue weighted by Gasteiger charge is 2.15. The lowest BCUT2D eigenvalue weighted by Crippen LogP contribution is -2.15. The molecule has 1 aromatic carbocycles. The molecule has 6 heteroatoms. The third-order valence-corrected chi connectivity index (χ3v) is 3.14. The first kappa shape index (κ1) is 22.8. The molecule has 1 rings (SSSR count). The number of hydrogen-bond donors (Lipinski definition) is 2. The number of nitrogens with one attached hydrogen (secondary N) is 2. The molecule has 2 N–H and O–H groups in total. The molecule has 0 aromatic heterocycles. The Bertz CT molecular complexity index is 557. The largest absolute Gasteiger partial charge is 0.494 e. The molecule has 0 aliphatic rings. The molecular weight excluding hydrogens is 320 g/mol. The average molecular weight is 352 g/mol. The molecule has 0 heterocycles. The Kier molecular flexibility index (Phi) is 11.1. The van der Waals surface area contributed by atoms with Crippen LogP contribution >= 0.6 is 0 Å². The van der Waals surface area contributed by atoms with E-state index in [-0.39, 0.29) is 17.7 Å². The molecule has 6 nitrogen and oxygen atoms in total. The van der Waals surface area contributed by atoms with Gasteiger partial charge in [-0.1, -0.05) is 34.6 Å². The molecule has 0 radical (unpaired) electrons. The van der Waals surface area contributed by atoms with Crippen LogP contribution in [0.1, 0.15) is 53.9 Å². The van der Waals surface area contributed by atoms with Gasteiger partial charge in [0.2, 0.25) is 11.8 Å². The minimum atomic E-state index is -0.0943. The summed E-state index contributed by atoms with van der Waals surface area (Å²) >= 11 is 0. The fraction of sp³-hybridized carbons (Fsp3) is 0.579. The molecular formula is C19H32N2O4. The Morgan fingerprint density at radius 1 is 0.960 bits per heavy atom. The molecule has 1 aromatic rings. The lowest BCUT2D eigenvalue weighted by atomic mass is 10.1. The molecule has 0 saturated heterocycles. The Morgan fingerprint density at radius 3 is 1.76 bits per heavy atom. The van der Waals surface area contributed by atoms with Gasteiger partial charge in [-0.2, -0.15) is 0 Å². The Balaban J connectivity index is 0.00000277. The van der Waals surface area contributed by atoms with Crippen LogP contribution in [-0.4, -0.2) is 26.0 Å². The van der Waals surface area contributed by atoms with Crippen LogP contribution in [0.2, 0.25) is 0 Å². The van der Waals surface area contributed by atoms with Crippen molar-refractivity contribution >= 4 is 23.2 Å². The molecule has 0 saturated carbocycles. The maximum absolute atomic E-state index is 12.0. The van der Waals surface area contributed by atoms with Crippen LogP contribution in [0.5, 0.6) is 11.5 Å².